The number of hydrogen-bond acceptors (Lipinski definition) is 0. The second kappa shape index (κ2) is 4.58. The van der Waals surface area contributed by atoms with Crippen LogP contribution in [-0.2, 0) is 0 Å². The SMILES string of the molecule is C1=CC(=C2CCC2)C=C1C1c2ccccc2-c2ccccc21. The minimum atomic E-state index is 0.404. The fraction of sp³-hybridized carbons (Fsp3) is 0.182. The third-order valence-electron chi connectivity index (χ3n) is 5.31. The minimum Gasteiger partial charge on any atom is -0.0629 e. The van der Waals surface area contributed by atoms with Crippen LogP contribution in [0.2, 0.25) is 0 Å². The van der Waals surface area contributed by atoms with Crippen LogP contribution in [0.4, 0.5) is 0 Å². The molecule has 0 nitrogen and oxygen atoms in total. The molecule has 0 amide bonds. The summed E-state index contributed by atoms with van der Waals surface area (Å²) >= 11 is 0. The summed E-state index contributed by atoms with van der Waals surface area (Å²) in [6.45, 7) is 0. The molecule has 1 fully saturated rings. The van der Waals surface area contributed by atoms with Crippen LogP contribution in [0, 0.1) is 0 Å². The maximum absolute atomic E-state index is 2.43. The van der Waals surface area contributed by atoms with E-state index in [9.17, 15) is 0 Å². The molecule has 22 heavy (non-hydrogen) atoms. The van der Waals surface area contributed by atoms with Gasteiger partial charge in [-0.15, -0.1) is 0 Å². The molecular formula is C22H18. The zero-order chi connectivity index (χ0) is 14.5. The van der Waals surface area contributed by atoms with Gasteiger partial charge in [0, 0.05) is 5.92 Å². The van der Waals surface area contributed by atoms with Crippen molar-refractivity contribution >= 4 is 0 Å². The van der Waals surface area contributed by atoms with Crippen molar-refractivity contribution in [3.05, 3.63) is 94.6 Å². The highest BCUT2D eigenvalue weighted by atomic mass is 14.3. The molecule has 3 aliphatic carbocycles. The van der Waals surface area contributed by atoms with E-state index in [1.54, 1.807) is 5.57 Å². The third-order valence-corrected chi connectivity index (χ3v) is 5.31. The van der Waals surface area contributed by atoms with Gasteiger partial charge in [0.2, 0.25) is 0 Å². The highest BCUT2D eigenvalue weighted by Crippen LogP contribution is 2.49. The number of hydrogen-bond donors (Lipinski definition) is 0. The molecule has 5 rings (SSSR count). The largest absolute Gasteiger partial charge is 0.0629 e. The predicted octanol–water partition coefficient (Wildman–Crippen LogP) is 5.78. The lowest BCUT2D eigenvalue weighted by atomic mass is 9.87. The molecule has 0 saturated heterocycles. The fourth-order valence-corrected chi connectivity index (χ4v) is 4.02. The molecule has 0 aliphatic heterocycles. The van der Waals surface area contributed by atoms with Crippen LogP contribution < -0.4 is 0 Å². The lowest BCUT2D eigenvalue weighted by molar-refractivity contribution is 0.658. The molecule has 2 aromatic carbocycles. The van der Waals surface area contributed by atoms with Gasteiger partial charge >= 0.3 is 0 Å². The van der Waals surface area contributed by atoms with Crippen LogP contribution in [0.25, 0.3) is 11.1 Å². The van der Waals surface area contributed by atoms with Crippen LogP contribution in [0.3, 0.4) is 0 Å². The van der Waals surface area contributed by atoms with Crippen LogP contribution in [0.15, 0.2) is 83.5 Å². The van der Waals surface area contributed by atoms with E-state index in [0.717, 1.165) is 0 Å². The molecule has 0 aromatic heterocycles. The highest BCUT2D eigenvalue weighted by Gasteiger charge is 2.31. The van der Waals surface area contributed by atoms with Crippen molar-refractivity contribution in [2.24, 2.45) is 0 Å². The van der Waals surface area contributed by atoms with Gasteiger partial charge in [0.1, 0.15) is 0 Å². The van der Waals surface area contributed by atoms with Gasteiger partial charge in [0.05, 0.1) is 0 Å². The van der Waals surface area contributed by atoms with Gasteiger partial charge in [0.25, 0.3) is 0 Å². The Morgan fingerprint density at radius 3 is 1.95 bits per heavy atom. The molecule has 0 heterocycles. The monoisotopic (exact) mass is 282 g/mol. The smallest absolute Gasteiger partial charge is 0.0352 e. The summed E-state index contributed by atoms with van der Waals surface area (Å²) in [6.07, 6.45) is 11.0. The van der Waals surface area contributed by atoms with Crippen molar-refractivity contribution in [1.82, 2.24) is 0 Å². The molecule has 0 bridgehead atoms. The maximum atomic E-state index is 2.43. The van der Waals surface area contributed by atoms with E-state index in [1.807, 2.05) is 0 Å². The number of fused-ring (bicyclic) bond motifs is 3. The third kappa shape index (κ3) is 1.64. The first-order valence-electron chi connectivity index (χ1n) is 8.22. The Kier molecular flexibility index (Phi) is 2.54. The van der Waals surface area contributed by atoms with Gasteiger partial charge in [0.15, 0.2) is 0 Å². The zero-order valence-corrected chi connectivity index (χ0v) is 12.5. The van der Waals surface area contributed by atoms with Crippen LogP contribution in [0.5, 0.6) is 0 Å². The van der Waals surface area contributed by atoms with Crippen molar-refractivity contribution in [2.75, 3.05) is 0 Å². The van der Waals surface area contributed by atoms with E-state index >= 15 is 0 Å². The van der Waals surface area contributed by atoms with Crippen molar-refractivity contribution in [2.45, 2.75) is 25.2 Å². The first-order chi connectivity index (χ1) is 10.9. The number of benzene rings is 2. The average Bonchev–Trinajstić information content (AvgIpc) is 3.08. The molecule has 0 radical (unpaired) electrons. The summed E-state index contributed by atoms with van der Waals surface area (Å²) in [5.74, 6) is 0.404. The molecular weight excluding hydrogens is 264 g/mol. The summed E-state index contributed by atoms with van der Waals surface area (Å²) in [5, 5.41) is 0. The van der Waals surface area contributed by atoms with Gasteiger partial charge < -0.3 is 0 Å². The normalized spacial score (nSPS) is 19.0. The summed E-state index contributed by atoms with van der Waals surface area (Å²) in [4.78, 5) is 0. The van der Waals surface area contributed by atoms with E-state index in [-0.39, 0.29) is 0 Å². The van der Waals surface area contributed by atoms with Crippen molar-refractivity contribution < 1.29 is 0 Å². The van der Waals surface area contributed by atoms with Crippen molar-refractivity contribution in [1.29, 1.82) is 0 Å². The van der Waals surface area contributed by atoms with Gasteiger partial charge in [-0.25, -0.2) is 0 Å². The average molecular weight is 282 g/mol. The Balaban J connectivity index is 1.68. The van der Waals surface area contributed by atoms with E-state index in [4.69, 9.17) is 0 Å². The second-order valence-corrected chi connectivity index (χ2v) is 6.50. The molecule has 3 aliphatic rings. The first kappa shape index (κ1) is 12.2. The van der Waals surface area contributed by atoms with E-state index in [2.05, 4.69) is 66.8 Å². The highest BCUT2D eigenvalue weighted by molar-refractivity contribution is 5.81. The molecule has 1 saturated carbocycles. The molecule has 2 aromatic rings. The predicted molar refractivity (Wildman–Crippen MR) is 91.8 cm³/mol. The van der Waals surface area contributed by atoms with E-state index < -0.39 is 0 Å². The Hall–Kier alpha value is -2.34. The first-order valence-corrected chi connectivity index (χ1v) is 8.22. The number of allylic oxidation sites excluding steroid dienone is 6. The quantitative estimate of drug-likeness (QED) is 0.622. The Morgan fingerprint density at radius 2 is 1.36 bits per heavy atom. The second-order valence-electron chi connectivity index (χ2n) is 6.50. The summed E-state index contributed by atoms with van der Waals surface area (Å²) < 4.78 is 0. The topological polar surface area (TPSA) is 0 Å². The molecule has 0 N–H and O–H groups in total. The fourth-order valence-electron chi connectivity index (χ4n) is 4.02. The Bertz CT molecular complexity index is 810. The van der Waals surface area contributed by atoms with Gasteiger partial charge in [-0.3, -0.25) is 0 Å². The van der Waals surface area contributed by atoms with Crippen molar-refractivity contribution in [3.63, 3.8) is 0 Å². The van der Waals surface area contributed by atoms with Gasteiger partial charge in [-0.2, -0.15) is 0 Å². The summed E-state index contributed by atoms with van der Waals surface area (Å²) in [6, 6.07) is 17.8. The zero-order valence-electron chi connectivity index (χ0n) is 12.5. The Morgan fingerprint density at radius 1 is 0.727 bits per heavy atom. The van der Waals surface area contributed by atoms with Crippen LogP contribution in [0.1, 0.15) is 36.3 Å². The van der Waals surface area contributed by atoms with Gasteiger partial charge in [-0.05, 0) is 52.7 Å². The van der Waals surface area contributed by atoms with Gasteiger partial charge in [-0.1, -0.05) is 72.3 Å². The van der Waals surface area contributed by atoms with Crippen molar-refractivity contribution in [3.8, 4) is 11.1 Å². The number of rotatable bonds is 1. The molecule has 0 atom stereocenters. The summed E-state index contributed by atoms with van der Waals surface area (Å²) in [7, 11) is 0. The van der Waals surface area contributed by atoms with E-state index in [1.165, 1.54) is 52.7 Å². The maximum Gasteiger partial charge on any atom is 0.0352 e. The lowest BCUT2D eigenvalue weighted by Crippen LogP contribution is -2.00. The lowest BCUT2D eigenvalue weighted by Gasteiger charge is -2.18. The molecule has 0 heteroatoms. The van der Waals surface area contributed by atoms with Crippen LogP contribution >= 0.6 is 0 Å². The molecule has 0 unspecified atom stereocenters. The van der Waals surface area contributed by atoms with Crippen LogP contribution in [-0.4, -0.2) is 0 Å². The standard InChI is InChI=1S/C22H18/c1-3-10-20-18(8-1)19-9-2-4-11-21(19)22(20)17-13-12-16(14-17)15-6-5-7-15/h1-4,8-14,22H,5-7H2. The van der Waals surface area contributed by atoms with E-state index in [0.29, 0.717) is 5.92 Å². The summed E-state index contributed by atoms with van der Waals surface area (Å²) in [5.41, 5.74) is 10.3. The molecule has 0 spiro atoms. The Labute approximate surface area is 131 Å². The molecule has 106 valence electrons. The minimum absolute atomic E-state index is 0.404.